The fraction of sp³-hybridized carbons (Fsp3) is 0.327. The topological polar surface area (TPSA) is 183 Å². The second-order valence-electron chi connectivity index (χ2n) is 18.0. The number of carbonyl (C=O) groups excluding carboxylic acids is 5. The number of esters is 3. The molecule has 5 aromatic rings. The van der Waals surface area contributed by atoms with E-state index in [9.17, 15) is 14.7 Å². The number of piperazine rings is 1. The summed E-state index contributed by atoms with van der Waals surface area (Å²) in [5, 5.41) is 12.9. The zero-order chi connectivity index (χ0) is 49.2. The van der Waals surface area contributed by atoms with Crippen molar-refractivity contribution in [3.05, 3.63) is 155 Å². The summed E-state index contributed by atoms with van der Waals surface area (Å²) in [6, 6.07) is 34.3. The van der Waals surface area contributed by atoms with Crippen LogP contribution in [0.1, 0.15) is 58.0 Å². The summed E-state index contributed by atoms with van der Waals surface area (Å²) in [4.78, 5) is 78.5. The van der Waals surface area contributed by atoms with E-state index in [1.807, 2.05) is 89.8 Å². The first-order valence-electron chi connectivity index (χ1n) is 23.6. The lowest BCUT2D eigenvalue weighted by Gasteiger charge is -2.46. The molecule has 0 aliphatic carbocycles. The molecule has 0 bridgehead atoms. The van der Waals surface area contributed by atoms with E-state index in [-0.39, 0.29) is 26.4 Å². The Bertz CT molecular complexity index is 2900. The molecule has 3 fully saturated rings. The number of nitrogens with zero attached hydrogens (tertiary/aromatic N) is 3. The third kappa shape index (κ3) is 8.60. The van der Waals surface area contributed by atoms with Crippen LogP contribution in [-0.4, -0.2) is 116 Å². The zero-order valence-electron chi connectivity index (χ0n) is 39.2. The van der Waals surface area contributed by atoms with Gasteiger partial charge in [0.15, 0.2) is 17.4 Å². The molecule has 2 N–H and O–H groups in total. The van der Waals surface area contributed by atoms with Gasteiger partial charge in [-0.15, -0.1) is 0 Å². The Morgan fingerprint density at radius 2 is 1.49 bits per heavy atom. The van der Waals surface area contributed by atoms with Crippen LogP contribution in [0, 0.1) is 23.7 Å². The minimum atomic E-state index is -1.81. The molecule has 1 spiro atoms. The number of nitrogens with one attached hydrogen (secondary N) is 1. The Morgan fingerprint density at radius 1 is 0.789 bits per heavy atom. The number of fused-ring (bicyclic) bond motifs is 4. The molecule has 2 amide bonds. The SMILES string of the molecule is COC(=O)C(CC#Cc1ccc2c(c1)[C@]1(C(=O)N2)[C@H](c2cccc(OCCO)c2)N2[C@H](c3ccccc3)[C@H](c3ccccc3)OC(=O)[C@H]2[C@@H]1C(=O)N1CCN(Cc2ccc3c(c2)OCO3)CC1)C(=O)OC. The van der Waals surface area contributed by atoms with Crippen LogP contribution >= 0.6 is 0 Å². The molecule has 364 valence electrons. The van der Waals surface area contributed by atoms with Crippen LogP contribution in [0.3, 0.4) is 0 Å². The molecule has 0 radical (unpaired) electrons. The molecule has 10 rings (SSSR count). The maximum atomic E-state index is 16.1. The zero-order valence-corrected chi connectivity index (χ0v) is 39.2. The Hall–Kier alpha value is -7.71. The van der Waals surface area contributed by atoms with Gasteiger partial charge in [0, 0.05) is 50.4 Å². The van der Waals surface area contributed by atoms with E-state index in [1.165, 1.54) is 14.2 Å². The first-order valence-corrected chi connectivity index (χ1v) is 23.6. The highest BCUT2D eigenvalue weighted by Crippen LogP contribution is 2.65. The Morgan fingerprint density at radius 3 is 2.21 bits per heavy atom. The van der Waals surface area contributed by atoms with Gasteiger partial charge in [-0.1, -0.05) is 90.7 Å². The van der Waals surface area contributed by atoms with Crippen molar-refractivity contribution in [2.24, 2.45) is 11.8 Å². The van der Waals surface area contributed by atoms with Crippen molar-refractivity contribution in [1.29, 1.82) is 0 Å². The average molecular weight is 961 g/mol. The first-order chi connectivity index (χ1) is 34.6. The van der Waals surface area contributed by atoms with Crippen molar-refractivity contribution >= 4 is 35.4 Å². The van der Waals surface area contributed by atoms with Crippen molar-refractivity contribution in [2.75, 3.05) is 65.7 Å². The third-order valence-electron chi connectivity index (χ3n) is 14.1. The molecule has 3 saturated heterocycles. The van der Waals surface area contributed by atoms with E-state index in [4.69, 9.17) is 28.4 Å². The average Bonchev–Trinajstić information content (AvgIpc) is 4.09. The van der Waals surface area contributed by atoms with Crippen molar-refractivity contribution in [3.63, 3.8) is 0 Å². The Balaban J connectivity index is 1.13. The summed E-state index contributed by atoms with van der Waals surface area (Å²) < 4.78 is 33.5. The van der Waals surface area contributed by atoms with Crippen molar-refractivity contribution < 1.29 is 57.5 Å². The Kier molecular flexibility index (Phi) is 13.2. The monoisotopic (exact) mass is 960 g/mol. The molecule has 71 heavy (non-hydrogen) atoms. The minimum Gasteiger partial charge on any atom is -0.491 e. The number of carbonyl (C=O) groups is 5. The summed E-state index contributed by atoms with van der Waals surface area (Å²) in [6.45, 7) is 2.17. The molecule has 0 saturated carbocycles. The highest BCUT2D eigenvalue weighted by Gasteiger charge is 2.74. The molecule has 5 aliphatic rings. The number of hydrogen-bond donors (Lipinski definition) is 2. The second-order valence-corrected chi connectivity index (χ2v) is 18.0. The lowest BCUT2D eigenvalue weighted by Crippen LogP contribution is -2.58. The van der Waals surface area contributed by atoms with Gasteiger partial charge in [0.1, 0.15) is 29.9 Å². The molecular weight excluding hydrogens is 909 g/mol. The van der Waals surface area contributed by atoms with Crippen LogP contribution in [0.4, 0.5) is 5.69 Å². The number of aliphatic hydroxyl groups excluding tert-OH is 1. The van der Waals surface area contributed by atoms with Gasteiger partial charge < -0.3 is 43.7 Å². The lowest BCUT2D eigenvalue weighted by molar-refractivity contribution is -0.179. The fourth-order valence-corrected chi connectivity index (χ4v) is 11.0. The fourth-order valence-electron chi connectivity index (χ4n) is 11.0. The van der Waals surface area contributed by atoms with Crippen LogP contribution in [0.25, 0.3) is 0 Å². The molecule has 6 atom stereocenters. The van der Waals surface area contributed by atoms with Crippen molar-refractivity contribution in [2.45, 2.75) is 42.6 Å². The molecule has 5 heterocycles. The van der Waals surface area contributed by atoms with Crippen LogP contribution in [0.5, 0.6) is 17.2 Å². The van der Waals surface area contributed by atoms with Gasteiger partial charge in [0.25, 0.3) is 0 Å². The van der Waals surface area contributed by atoms with Gasteiger partial charge in [-0.2, -0.15) is 0 Å². The standard InChI is InChI=1S/C55H52N4O12/c1-66-51(62)40(52(63)67-2)18-9-11-34-19-21-42-41(29-34)55(54(65)56-42)45(50(61)58-25-23-57(24-26-58)32-35-20-22-43-44(30-35)70-33-69-43)47-53(64)71-48(37-14-7-4-8-15-37)46(36-12-5-3-6-13-36)59(47)49(55)38-16-10-17-39(31-38)68-28-27-60/h3-8,10,12-17,19-22,29-31,40,45-49,60H,18,23-28,32-33H2,1-2H3,(H,56,65)/t45-,46-,47-,48+,49+,55-/m1/s1. The number of methoxy groups -OCH3 is 2. The van der Waals surface area contributed by atoms with E-state index >= 15 is 14.4 Å². The Labute approximate surface area is 410 Å². The third-order valence-corrected chi connectivity index (χ3v) is 14.1. The van der Waals surface area contributed by atoms with Crippen LogP contribution in [0.2, 0.25) is 0 Å². The molecule has 5 aromatic carbocycles. The summed E-state index contributed by atoms with van der Waals surface area (Å²) in [6.07, 6.45) is -1.09. The normalized spacial score (nSPS) is 23.3. The molecule has 0 aromatic heterocycles. The van der Waals surface area contributed by atoms with Gasteiger partial charge in [-0.25, -0.2) is 0 Å². The predicted octanol–water partition coefficient (Wildman–Crippen LogP) is 5.11. The summed E-state index contributed by atoms with van der Waals surface area (Å²) >= 11 is 0. The number of cyclic esters (lactones) is 1. The molecule has 16 heteroatoms. The van der Waals surface area contributed by atoms with E-state index in [0.717, 1.165) is 16.7 Å². The van der Waals surface area contributed by atoms with Gasteiger partial charge in [0.2, 0.25) is 18.6 Å². The quantitative estimate of drug-likeness (QED) is 0.0729. The van der Waals surface area contributed by atoms with E-state index in [0.29, 0.717) is 72.4 Å². The largest absolute Gasteiger partial charge is 0.491 e. The first kappa shape index (κ1) is 47.0. The van der Waals surface area contributed by atoms with E-state index in [1.54, 1.807) is 41.3 Å². The smallest absolute Gasteiger partial charge is 0.324 e. The van der Waals surface area contributed by atoms with Gasteiger partial charge in [-0.3, -0.25) is 33.8 Å². The van der Waals surface area contributed by atoms with Gasteiger partial charge in [0.05, 0.1) is 38.8 Å². The number of morpholine rings is 1. The highest BCUT2D eigenvalue weighted by molar-refractivity contribution is 6.12. The second kappa shape index (κ2) is 20.0. The number of rotatable bonds is 12. The predicted molar refractivity (Wildman–Crippen MR) is 256 cm³/mol. The summed E-state index contributed by atoms with van der Waals surface area (Å²) in [5.41, 5.74) is 2.59. The van der Waals surface area contributed by atoms with Gasteiger partial charge >= 0.3 is 17.9 Å². The lowest BCUT2D eigenvalue weighted by atomic mass is 9.65. The van der Waals surface area contributed by atoms with Crippen LogP contribution < -0.4 is 19.5 Å². The number of anilines is 1. The van der Waals surface area contributed by atoms with Crippen molar-refractivity contribution in [3.8, 4) is 29.1 Å². The van der Waals surface area contributed by atoms with Crippen LogP contribution in [-0.2, 0) is 50.1 Å². The number of amides is 2. The van der Waals surface area contributed by atoms with E-state index in [2.05, 4.69) is 22.1 Å². The van der Waals surface area contributed by atoms with E-state index < -0.39 is 71.2 Å². The number of benzene rings is 5. The molecular formula is C55H52N4O12. The summed E-state index contributed by atoms with van der Waals surface area (Å²) in [7, 11) is 2.35. The maximum Gasteiger partial charge on any atom is 0.324 e. The van der Waals surface area contributed by atoms with Crippen molar-refractivity contribution in [1.82, 2.24) is 14.7 Å². The number of ether oxygens (including phenoxy) is 6. The number of aliphatic hydroxyl groups is 1. The van der Waals surface area contributed by atoms with Crippen LogP contribution in [0.15, 0.2) is 121 Å². The maximum absolute atomic E-state index is 16.1. The molecule has 16 nitrogen and oxygen atoms in total. The number of hydrogen-bond acceptors (Lipinski definition) is 14. The highest BCUT2D eigenvalue weighted by atomic mass is 16.7. The summed E-state index contributed by atoms with van der Waals surface area (Å²) in [5.74, 6) is 2.03. The van der Waals surface area contributed by atoms with Gasteiger partial charge in [-0.05, 0) is 70.3 Å². The minimum absolute atomic E-state index is 0.000562. The molecule has 0 unspecified atom stereocenters. The molecule has 5 aliphatic heterocycles.